The molecule has 0 aromatic heterocycles. The molecule has 4 heteroatoms. The minimum atomic E-state index is -0.920. The SMILES string of the molecule is CCCCC/C=C\C/C=C\CCCCCCCCC(C(CCN(C)C)C(=O)O)C(O)(CCCCCCCC/C=C\C/C=C\CCCCC)CCCCCCCC/C=C\C/C=C\CCCCC. The van der Waals surface area contributed by atoms with Gasteiger partial charge in [0.2, 0.25) is 0 Å². The van der Waals surface area contributed by atoms with Gasteiger partial charge in [-0.15, -0.1) is 0 Å². The number of carbonyl (C=O) groups is 1. The topological polar surface area (TPSA) is 60.8 Å². The quantitative estimate of drug-likeness (QED) is 0.0471. The number of rotatable bonds is 51. The number of nitrogens with zero attached hydrogens (tertiary/aromatic N) is 1. The van der Waals surface area contributed by atoms with E-state index >= 15 is 0 Å². The number of carboxylic acid groups (broad SMARTS) is 1. The van der Waals surface area contributed by atoms with Gasteiger partial charge in [0.1, 0.15) is 0 Å². The average molecular weight is 921 g/mol. The molecule has 0 aliphatic heterocycles. The van der Waals surface area contributed by atoms with Gasteiger partial charge in [0.05, 0.1) is 11.5 Å². The number of hydrogen-bond acceptors (Lipinski definition) is 3. The lowest BCUT2D eigenvalue weighted by Crippen LogP contribution is -2.45. The molecular weight excluding hydrogens is 807 g/mol. The molecule has 0 amide bonds. The Kier molecular flexibility index (Phi) is 49.0. The Morgan fingerprint density at radius 1 is 0.409 bits per heavy atom. The summed E-state index contributed by atoms with van der Waals surface area (Å²) in [7, 11) is 4.08. The van der Waals surface area contributed by atoms with Crippen molar-refractivity contribution in [2.75, 3.05) is 20.6 Å². The van der Waals surface area contributed by atoms with Crippen molar-refractivity contribution in [2.24, 2.45) is 11.8 Å². The van der Waals surface area contributed by atoms with E-state index in [9.17, 15) is 15.0 Å². The molecule has 0 aromatic rings. The molecule has 0 spiro atoms. The fourth-order valence-electron chi connectivity index (χ4n) is 9.43. The van der Waals surface area contributed by atoms with Crippen LogP contribution in [0.25, 0.3) is 0 Å². The van der Waals surface area contributed by atoms with Crippen molar-refractivity contribution < 1.29 is 15.0 Å². The molecule has 2 unspecified atom stereocenters. The molecule has 0 rings (SSSR count). The van der Waals surface area contributed by atoms with Crippen LogP contribution in [0.5, 0.6) is 0 Å². The number of carboxylic acids is 1. The second kappa shape index (κ2) is 50.7. The summed E-state index contributed by atoms with van der Waals surface area (Å²) >= 11 is 0. The summed E-state index contributed by atoms with van der Waals surface area (Å²) < 4.78 is 0. The van der Waals surface area contributed by atoms with Crippen molar-refractivity contribution in [1.29, 1.82) is 0 Å². The van der Waals surface area contributed by atoms with Gasteiger partial charge in [0.15, 0.2) is 0 Å². The molecule has 0 saturated heterocycles. The molecule has 2 atom stereocenters. The summed E-state index contributed by atoms with van der Waals surface area (Å²) in [6.07, 6.45) is 74.1. The Bertz CT molecular complexity index is 1150. The maximum atomic E-state index is 13.1. The predicted octanol–water partition coefficient (Wildman–Crippen LogP) is 19.6. The van der Waals surface area contributed by atoms with Crippen LogP contribution in [0.1, 0.15) is 278 Å². The summed E-state index contributed by atoms with van der Waals surface area (Å²) in [5.41, 5.74) is -0.920. The zero-order chi connectivity index (χ0) is 48.3. The lowest BCUT2D eigenvalue weighted by atomic mass is 9.69. The van der Waals surface area contributed by atoms with Crippen LogP contribution in [0.3, 0.4) is 0 Å². The third-order valence-electron chi connectivity index (χ3n) is 13.7. The van der Waals surface area contributed by atoms with E-state index in [4.69, 9.17) is 0 Å². The summed E-state index contributed by atoms with van der Waals surface area (Å²) in [4.78, 5) is 15.2. The Morgan fingerprint density at radius 2 is 0.697 bits per heavy atom. The van der Waals surface area contributed by atoms with Crippen LogP contribution in [-0.2, 0) is 4.79 Å². The standard InChI is InChI=1S/C62H113NO3/c1-6-9-12-15-18-21-24-27-30-33-36-39-42-45-48-51-54-60(59(61(64)65)55-58-63(4)5)62(66,56-52-49-46-43-40-37-34-31-28-25-22-19-16-13-10-7-2)57-53-50-47-44-41-38-35-32-29-26-23-20-17-14-11-8-3/h18-23,27-32,59-60,66H,6-17,24-26,33-58H2,1-5H3,(H,64,65)/b21-18-,22-19-,23-20-,30-27-,31-28-,32-29-. The van der Waals surface area contributed by atoms with Crippen molar-refractivity contribution in [3.63, 3.8) is 0 Å². The van der Waals surface area contributed by atoms with Crippen molar-refractivity contribution in [3.05, 3.63) is 72.9 Å². The molecule has 0 saturated carbocycles. The molecule has 2 N–H and O–H groups in total. The molecule has 0 aliphatic rings. The maximum Gasteiger partial charge on any atom is 0.306 e. The second-order valence-electron chi connectivity index (χ2n) is 20.3. The Balaban J connectivity index is 5.24. The first-order valence-corrected chi connectivity index (χ1v) is 28.8. The lowest BCUT2D eigenvalue weighted by Gasteiger charge is -2.40. The Hall–Kier alpha value is -2.17. The van der Waals surface area contributed by atoms with Gasteiger partial charge in [-0.1, -0.05) is 229 Å². The first-order chi connectivity index (χ1) is 32.3. The van der Waals surface area contributed by atoms with Crippen LogP contribution in [0, 0.1) is 11.8 Å². The van der Waals surface area contributed by atoms with E-state index in [0.717, 1.165) is 103 Å². The van der Waals surface area contributed by atoms with Crippen LogP contribution < -0.4 is 0 Å². The molecule has 0 radical (unpaired) electrons. The van der Waals surface area contributed by atoms with Gasteiger partial charge >= 0.3 is 5.97 Å². The largest absolute Gasteiger partial charge is 0.481 e. The summed E-state index contributed by atoms with van der Waals surface area (Å²) in [5.74, 6) is -1.42. The van der Waals surface area contributed by atoms with E-state index in [-0.39, 0.29) is 5.92 Å². The molecule has 66 heavy (non-hydrogen) atoms. The predicted molar refractivity (Wildman–Crippen MR) is 295 cm³/mol. The lowest BCUT2D eigenvalue weighted by molar-refractivity contribution is -0.151. The summed E-state index contributed by atoms with van der Waals surface area (Å²) in [6.45, 7) is 7.52. The molecule has 0 aromatic carbocycles. The highest BCUT2D eigenvalue weighted by Gasteiger charge is 2.42. The number of hydrogen-bond donors (Lipinski definition) is 2. The molecule has 0 bridgehead atoms. The zero-order valence-electron chi connectivity index (χ0n) is 44.8. The van der Waals surface area contributed by atoms with Gasteiger partial charge in [0, 0.05) is 5.92 Å². The van der Waals surface area contributed by atoms with E-state index in [1.54, 1.807) is 0 Å². The average Bonchev–Trinajstić information content (AvgIpc) is 3.30. The minimum absolute atomic E-state index is 0.197. The van der Waals surface area contributed by atoms with Crippen molar-refractivity contribution in [1.82, 2.24) is 4.90 Å². The molecule has 0 aliphatic carbocycles. The summed E-state index contributed by atoms with van der Waals surface area (Å²) in [5, 5.41) is 23.5. The van der Waals surface area contributed by atoms with Gasteiger partial charge in [-0.2, -0.15) is 0 Å². The van der Waals surface area contributed by atoms with Gasteiger partial charge in [-0.25, -0.2) is 0 Å². The van der Waals surface area contributed by atoms with E-state index in [2.05, 4.69) is 98.6 Å². The van der Waals surface area contributed by atoms with Gasteiger partial charge in [-0.3, -0.25) is 4.79 Å². The van der Waals surface area contributed by atoms with Crippen LogP contribution >= 0.6 is 0 Å². The highest BCUT2D eigenvalue weighted by Crippen LogP contribution is 2.40. The minimum Gasteiger partial charge on any atom is -0.481 e. The van der Waals surface area contributed by atoms with E-state index in [0.29, 0.717) is 6.42 Å². The van der Waals surface area contributed by atoms with Crippen molar-refractivity contribution in [2.45, 2.75) is 283 Å². The maximum absolute atomic E-state index is 13.1. The number of aliphatic hydroxyl groups is 1. The first-order valence-electron chi connectivity index (χ1n) is 28.8. The van der Waals surface area contributed by atoms with E-state index in [1.165, 1.54) is 154 Å². The van der Waals surface area contributed by atoms with Crippen LogP contribution in [0.2, 0.25) is 0 Å². The van der Waals surface area contributed by atoms with Crippen LogP contribution in [-0.4, -0.2) is 47.3 Å². The highest BCUT2D eigenvalue weighted by molar-refractivity contribution is 5.70. The molecule has 384 valence electrons. The number of aliphatic carboxylic acids is 1. The molecule has 0 fully saturated rings. The van der Waals surface area contributed by atoms with Crippen LogP contribution in [0.4, 0.5) is 0 Å². The molecule has 0 heterocycles. The third kappa shape index (κ3) is 43.1. The van der Waals surface area contributed by atoms with Crippen molar-refractivity contribution in [3.8, 4) is 0 Å². The normalized spacial score (nSPS) is 13.7. The monoisotopic (exact) mass is 920 g/mol. The number of unbranched alkanes of at least 4 members (excludes halogenated alkanes) is 27. The van der Waals surface area contributed by atoms with Gasteiger partial charge in [-0.05, 0) is 143 Å². The smallest absolute Gasteiger partial charge is 0.306 e. The second-order valence-corrected chi connectivity index (χ2v) is 20.3. The molecule has 4 nitrogen and oxygen atoms in total. The van der Waals surface area contributed by atoms with Gasteiger partial charge < -0.3 is 15.1 Å². The van der Waals surface area contributed by atoms with Crippen LogP contribution in [0.15, 0.2) is 72.9 Å². The first kappa shape index (κ1) is 63.8. The summed E-state index contributed by atoms with van der Waals surface area (Å²) in [6, 6.07) is 0. The number of allylic oxidation sites excluding steroid dienone is 12. The van der Waals surface area contributed by atoms with E-state index in [1.807, 2.05) is 14.1 Å². The Labute approximate surface area is 412 Å². The fraction of sp³-hybridized carbons (Fsp3) is 0.790. The Morgan fingerprint density at radius 3 is 1.00 bits per heavy atom. The van der Waals surface area contributed by atoms with E-state index < -0.39 is 17.5 Å². The highest BCUT2D eigenvalue weighted by atomic mass is 16.4. The van der Waals surface area contributed by atoms with Gasteiger partial charge in [0.25, 0.3) is 0 Å². The fourth-order valence-corrected chi connectivity index (χ4v) is 9.43. The third-order valence-corrected chi connectivity index (χ3v) is 13.7. The zero-order valence-corrected chi connectivity index (χ0v) is 44.8. The van der Waals surface area contributed by atoms with Crippen molar-refractivity contribution >= 4 is 5.97 Å². The molecular formula is C62H113NO3.